The number of aliphatic hydroxyl groups excluding tert-OH is 1. The van der Waals surface area contributed by atoms with Gasteiger partial charge in [-0.2, -0.15) is 0 Å². The molecule has 0 radical (unpaired) electrons. The van der Waals surface area contributed by atoms with Gasteiger partial charge >= 0.3 is 12.1 Å². The topological polar surface area (TPSA) is 87.1 Å². The van der Waals surface area contributed by atoms with Gasteiger partial charge in [-0.3, -0.25) is 0 Å². The summed E-state index contributed by atoms with van der Waals surface area (Å²) in [5, 5.41) is 20.9. The van der Waals surface area contributed by atoms with E-state index in [2.05, 4.69) is 12.1 Å². The van der Waals surface area contributed by atoms with Crippen LogP contribution in [0.3, 0.4) is 0 Å². The number of carbonyl (C=O) groups excluding carboxylic acids is 1. The highest BCUT2D eigenvalue weighted by atomic mass is 35.5. The second kappa shape index (κ2) is 11.0. The molecule has 2 atom stereocenters. The Bertz CT molecular complexity index is 1300. The summed E-state index contributed by atoms with van der Waals surface area (Å²) >= 11 is 6.12. The zero-order valence-corrected chi connectivity index (χ0v) is 22.0. The fraction of sp³-hybridized carbons (Fsp3) is 0.333. The molecule has 0 heterocycles. The third kappa shape index (κ3) is 6.70. The van der Waals surface area contributed by atoms with E-state index < -0.39 is 23.8 Å². The molecule has 1 amide bonds. The van der Waals surface area contributed by atoms with Crippen molar-refractivity contribution in [1.29, 1.82) is 0 Å². The number of carbonyl (C=O) groups is 2. The van der Waals surface area contributed by atoms with Gasteiger partial charge in [-0.25, -0.2) is 9.59 Å². The van der Waals surface area contributed by atoms with Crippen LogP contribution in [0.4, 0.5) is 4.79 Å². The second-order valence-electron chi connectivity index (χ2n) is 10.5. The van der Waals surface area contributed by atoms with Crippen molar-refractivity contribution in [2.45, 2.75) is 57.8 Å². The minimum Gasteiger partial charge on any atom is -0.478 e. The lowest BCUT2D eigenvalue weighted by Crippen LogP contribution is -2.47. The highest BCUT2D eigenvalue weighted by Gasteiger charge is 2.33. The molecule has 1 aliphatic carbocycles. The van der Waals surface area contributed by atoms with Gasteiger partial charge in [0.15, 0.2) is 0 Å². The summed E-state index contributed by atoms with van der Waals surface area (Å²) in [6.45, 7) is 5.55. The summed E-state index contributed by atoms with van der Waals surface area (Å²) < 4.78 is 5.72. The Labute approximate surface area is 222 Å². The van der Waals surface area contributed by atoms with Crippen molar-refractivity contribution in [3.63, 3.8) is 0 Å². The quantitative estimate of drug-likeness (QED) is 0.385. The fourth-order valence-electron chi connectivity index (χ4n) is 4.71. The van der Waals surface area contributed by atoms with Crippen molar-refractivity contribution in [2.75, 3.05) is 6.54 Å². The molecular formula is C30H32ClNO5. The monoisotopic (exact) mass is 521 g/mol. The van der Waals surface area contributed by atoms with Crippen LogP contribution in [-0.4, -0.2) is 45.4 Å². The molecule has 0 aromatic heterocycles. The van der Waals surface area contributed by atoms with Gasteiger partial charge in [0, 0.05) is 11.1 Å². The van der Waals surface area contributed by atoms with Gasteiger partial charge in [0.1, 0.15) is 5.60 Å². The molecule has 0 saturated carbocycles. The van der Waals surface area contributed by atoms with E-state index in [-0.39, 0.29) is 18.2 Å². The van der Waals surface area contributed by atoms with Crippen LogP contribution in [0.25, 0.3) is 11.1 Å². The normalized spacial score (nSPS) is 16.0. The third-order valence-electron chi connectivity index (χ3n) is 6.52. The molecular weight excluding hydrogens is 490 g/mol. The molecule has 3 aromatic carbocycles. The van der Waals surface area contributed by atoms with Gasteiger partial charge in [-0.15, -0.1) is 0 Å². The van der Waals surface area contributed by atoms with Gasteiger partial charge in [0.25, 0.3) is 0 Å². The summed E-state index contributed by atoms with van der Waals surface area (Å²) in [6.07, 6.45) is 0.734. The number of ether oxygens (including phenoxy) is 1. The molecule has 6 nitrogen and oxygen atoms in total. The molecule has 2 N–H and O–H groups in total. The van der Waals surface area contributed by atoms with Crippen molar-refractivity contribution in [3.8, 4) is 11.1 Å². The maximum Gasteiger partial charge on any atom is 0.410 e. The first kappa shape index (κ1) is 26.7. The Morgan fingerprint density at radius 2 is 1.76 bits per heavy atom. The summed E-state index contributed by atoms with van der Waals surface area (Å²) in [4.78, 5) is 26.4. The van der Waals surface area contributed by atoms with Crippen LogP contribution in [0.15, 0.2) is 66.7 Å². The lowest BCUT2D eigenvalue weighted by molar-refractivity contribution is 0.00195. The Hall–Kier alpha value is -3.35. The molecule has 1 aliphatic rings. The van der Waals surface area contributed by atoms with Crippen LogP contribution in [-0.2, 0) is 17.6 Å². The average molecular weight is 522 g/mol. The Balaban J connectivity index is 1.61. The Morgan fingerprint density at radius 3 is 2.46 bits per heavy atom. The van der Waals surface area contributed by atoms with E-state index in [4.69, 9.17) is 16.3 Å². The Kier molecular flexibility index (Phi) is 7.90. The van der Waals surface area contributed by atoms with Crippen LogP contribution in [0.2, 0.25) is 5.02 Å². The highest BCUT2D eigenvalue weighted by Crippen LogP contribution is 2.31. The number of halogens is 1. The lowest BCUT2D eigenvalue weighted by atomic mass is 9.85. The van der Waals surface area contributed by atoms with Crippen LogP contribution in [0, 0.1) is 0 Å². The maximum absolute atomic E-state index is 13.3. The molecule has 0 bridgehead atoms. The first-order chi connectivity index (χ1) is 17.5. The van der Waals surface area contributed by atoms with E-state index in [1.807, 2.05) is 32.9 Å². The predicted octanol–water partition coefficient (Wildman–Crippen LogP) is 6.53. The number of carboxylic acid groups (broad SMARTS) is 1. The SMILES string of the molecule is CC(C)(C)OC(=O)N(C[C@H](O)c1cccc(Cl)c1)[C@H]1CCc2ccc(-c3cccc(C(=O)O)c3)cc2C1. The van der Waals surface area contributed by atoms with Crippen LogP contribution in [0.1, 0.15) is 60.3 Å². The van der Waals surface area contributed by atoms with Crippen LogP contribution >= 0.6 is 11.6 Å². The van der Waals surface area contributed by atoms with Gasteiger partial charge in [0.2, 0.25) is 0 Å². The van der Waals surface area contributed by atoms with E-state index in [9.17, 15) is 19.8 Å². The number of benzene rings is 3. The predicted molar refractivity (Wildman–Crippen MR) is 144 cm³/mol. The number of rotatable bonds is 6. The molecule has 0 unspecified atom stereocenters. The van der Waals surface area contributed by atoms with Crippen molar-refractivity contribution in [1.82, 2.24) is 4.90 Å². The van der Waals surface area contributed by atoms with Crippen molar-refractivity contribution in [3.05, 3.63) is 94.0 Å². The molecule has 194 valence electrons. The van der Waals surface area contributed by atoms with E-state index in [1.165, 1.54) is 5.56 Å². The molecule has 0 aliphatic heterocycles. The zero-order chi connectivity index (χ0) is 26.7. The number of carboxylic acids is 1. The van der Waals surface area contributed by atoms with Crippen molar-refractivity contribution < 1.29 is 24.5 Å². The van der Waals surface area contributed by atoms with E-state index >= 15 is 0 Å². The summed E-state index contributed by atoms with van der Waals surface area (Å²) in [5.74, 6) is -0.967. The number of hydrogen-bond acceptors (Lipinski definition) is 4. The largest absolute Gasteiger partial charge is 0.478 e. The van der Waals surface area contributed by atoms with E-state index in [0.717, 1.165) is 29.5 Å². The number of aliphatic hydroxyl groups is 1. The van der Waals surface area contributed by atoms with E-state index in [1.54, 1.807) is 47.4 Å². The van der Waals surface area contributed by atoms with Gasteiger partial charge in [0.05, 0.1) is 18.2 Å². The molecule has 4 rings (SSSR count). The van der Waals surface area contributed by atoms with Gasteiger partial charge in [-0.1, -0.05) is 54.1 Å². The van der Waals surface area contributed by atoms with Crippen LogP contribution < -0.4 is 0 Å². The van der Waals surface area contributed by atoms with Crippen LogP contribution in [0.5, 0.6) is 0 Å². The minimum absolute atomic E-state index is 0.0790. The minimum atomic E-state index is -0.967. The number of nitrogens with zero attached hydrogens (tertiary/aromatic N) is 1. The number of amides is 1. The molecule has 0 fully saturated rings. The third-order valence-corrected chi connectivity index (χ3v) is 6.76. The standard InChI is InChI=1S/C30H32ClNO5/c1-30(2,3)37-29(36)32(18-27(33)22-7-5-9-25(31)16-22)26-13-12-19-10-11-21(15-24(19)17-26)20-6-4-8-23(14-20)28(34)35/h4-11,14-16,26-27,33H,12-13,17-18H2,1-3H3,(H,34,35)/t26-,27-/m0/s1. The summed E-state index contributed by atoms with van der Waals surface area (Å²) in [7, 11) is 0. The molecule has 0 saturated heterocycles. The van der Waals surface area contributed by atoms with Crippen molar-refractivity contribution >= 4 is 23.7 Å². The van der Waals surface area contributed by atoms with Crippen molar-refractivity contribution in [2.24, 2.45) is 0 Å². The maximum atomic E-state index is 13.3. The number of fused-ring (bicyclic) bond motifs is 1. The molecule has 0 spiro atoms. The first-order valence-electron chi connectivity index (χ1n) is 12.4. The second-order valence-corrected chi connectivity index (χ2v) is 10.9. The van der Waals surface area contributed by atoms with E-state index in [0.29, 0.717) is 17.0 Å². The zero-order valence-electron chi connectivity index (χ0n) is 21.3. The summed E-state index contributed by atoms with van der Waals surface area (Å²) in [6, 6.07) is 19.9. The number of hydrogen-bond donors (Lipinski definition) is 2. The average Bonchev–Trinajstić information content (AvgIpc) is 2.85. The van der Waals surface area contributed by atoms with Gasteiger partial charge in [-0.05, 0) is 92.1 Å². The first-order valence-corrected chi connectivity index (χ1v) is 12.8. The molecule has 3 aromatic rings. The van der Waals surface area contributed by atoms with Gasteiger partial charge < -0.3 is 19.8 Å². The Morgan fingerprint density at radius 1 is 1.03 bits per heavy atom. The lowest BCUT2D eigenvalue weighted by Gasteiger charge is -2.37. The smallest absolute Gasteiger partial charge is 0.410 e. The fourth-order valence-corrected chi connectivity index (χ4v) is 4.91. The number of aromatic carboxylic acids is 1. The molecule has 7 heteroatoms. The molecule has 37 heavy (non-hydrogen) atoms. The highest BCUT2D eigenvalue weighted by molar-refractivity contribution is 6.30. The summed E-state index contributed by atoms with van der Waals surface area (Å²) in [5.41, 5.74) is 4.24. The number of aryl methyl sites for hydroxylation is 1.